The highest BCUT2D eigenvalue weighted by Gasteiger charge is 2.33. The summed E-state index contributed by atoms with van der Waals surface area (Å²) in [7, 11) is 0. The minimum Gasteiger partial charge on any atom is -0.308 e. The zero-order valence-electron chi connectivity index (χ0n) is 34.0. The lowest BCUT2D eigenvalue weighted by molar-refractivity contribution is -0.138. The Hall–Kier alpha value is -8.29. The molecular weight excluding hydrogens is 831 g/mol. The van der Waals surface area contributed by atoms with Crippen molar-refractivity contribution in [3.8, 4) is 79.0 Å². The fourth-order valence-corrected chi connectivity index (χ4v) is 8.42. The van der Waals surface area contributed by atoms with Gasteiger partial charge in [0.25, 0.3) is 0 Å². The molecule has 0 aliphatic rings. The molecule has 0 saturated carbocycles. The van der Waals surface area contributed by atoms with E-state index in [1.165, 1.54) is 12.1 Å². The van der Waals surface area contributed by atoms with Gasteiger partial charge in [0.15, 0.2) is 5.82 Å². The number of alkyl halides is 6. The smallest absolute Gasteiger partial charge is 0.308 e. The number of nitrogens with zero attached hydrogens (tertiary/aromatic N) is 4. The molecule has 2 aromatic heterocycles. The molecule has 0 spiro atoms. The maximum Gasteiger partial charge on any atom is 0.416 e. The molecule has 0 radical (unpaired) electrons. The van der Waals surface area contributed by atoms with Crippen LogP contribution in [0.25, 0.3) is 94.8 Å². The molecule has 0 atom stereocenters. The molecule has 10 rings (SSSR count). The predicted octanol–water partition coefficient (Wildman–Crippen LogP) is 15.5. The van der Waals surface area contributed by atoms with Crippen molar-refractivity contribution in [1.29, 1.82) is 5.26 Å². The van der Waals surface area contributed by atoms with Gasteiger partial charge in [-0.25, -0.2) is 9.97 Å². The molecule has 10 aromatic rings. The molecule has 0 aliphatic carbocycles. The van der Waals surface area contributed by atoms with Crippen molar-refractivity contribution in [2.45, 2.75) is 12.4 Å². The Labute approximate surface area is 369 Å². The van der Waals surface area contributed by atoms with E-state index in [1.54, 1.807) is 48.5 Å². The molecule has 0 aliphatic heterocycles. The molecule has 0 saturated heterocycles. The van der Waals surface area contributed by atoms with Crippen LogP contribution in [0.2, 0.25) is 0 Å². The number of para-hydroxylation sites is 1. The molecule has 0 fully saturated rings. The average molecular weight is 863 g/mol. The Morgan fingerprint density at radius 2 is 0.908 bits per heavy atom. The number of fused-ring (bicyclic) bond motifs is 3. The topological polar surface area (TPSA) is 54.5 Å². The van der Waals surface area contributed by atoms with Crippen LogP contribution in [0.1, 0.15) is 16.7 Å². The van der Waals surface area contributed by atoms with Gasteiger partial charge in [-0.3, -0.25) is 0 Å². The third-order valence-corrected chi connectivity index (χ3v) is 11.5. The summed E-state index contributed by atoms with van der Waals surface area (Å²) in [6, 6.07) is 56.7. The Morgan fingerprint density at radius 3 is 1.52 bits per heavy atom. The second kappa shape index (κ2) is 16.1. The summed E-state index contributed by atoms with van der Waals surface area (Å²) < 4.78 is 89.6. The molecule has 8 aromatic carbocycles. The molecule has 0 amide bonds. The van der Waals surface area contributed by atoms with Crippen molar-refractivity contribution < 1.29 is 26.3 Å². The third-order valence-electron chi connectivity index (χ3n) is 11.5. The molecule has 65 heavy (non-hydrogen) atoms. The quantitative estimate of drug-likeness (QED) is 0.150. The maximum atomic E-state index is 14.6. The molecule has 2 heterocycles. The van der Waals surface area contributed by atoms with Crippen molar-refractivity contribution >= 4 is 21.8 Å². The first-order valence-corrected chi connectivity index (χ1v) is 20.5. The Kier molecular flexibility index (Phi) is 10.1. The van der Waals surface area contributed by atoms with Gasteiger partial charge in [0.05, 0.1) is 50.9 Å². The largest absolute Gasteiger partial charge is 0.416 e. The van der Waals surface area contributed by atoms with Crippen molar-refractivity contribution in [2.75, 3.05) is 0 Å². The summed E-state index contributed by atoms with van der Waals surface area (Å²) >= 11 is 0. The van der Waals surface area contributed by atoms with Crippen LogP contribution >= 0.6 is 0 Å². The van der Waals surface area contributed by atoms with Gasteiger partial charge in [-0.2, -0.15) is 31.6 Å². The summed E-state index contributed by atoms with van der Waals surface area (Å²) in [6.07, 6.45) is -9.41. The lowest BCUT2D eigenvalue weighted by atomic mass is 9.90. The van der Waals surface area contributed by atoms with Gasteiger partial charge in [0, 0.05) is 38.6 Å². The highest BCUT2D eigenvalue weighted by Crippen LogP contribution is 2.46. The third kappa shape index (κ3) is 7.78. The van der Waals surface area contributed by atoms with E-state index >= 15 is 0 Å². The van der Waals surface area contributed by atoms with Crippen LogP contribution in [0.3, 0.4) is 0 Å². The van der Waals surface area contributed by atoms with E-state index in [0.717, 1.165) is 51.7 Å². The number of benzene rings is 8. The molecule has 0 bridgehead atoms. The number of rotatable bonds is 7. The van der Waals surface area contributed by atoms with E-state index in [9.17, 15) is 31.6 Å². The number of hydrogen-bond donors (Lipinski definition) is 0. The van der Waals surface area contributed by atoms with Crippen molar-refractivity contribution in [3.05, 3.63) is 211 Å². The van der Waals surface area contributed by atoms with Gasteiger partial charge in [-0.1, -0.05) is 121 Å². The van der Waals surface area contributed by atoms with Gasteiger partial charge < -0.3 is 4.57 Å². The lowest BCUT2D eigenvalue weighted by Crippen LogP contribution is -2.07. The van der Waals surface area contributed by atoms with Crippen LogP contribution in [0, 0.1) is 11.3 Å². The van der Waals surface area contributed by atoms with Gasteiger partial charge >= 0.3 is 12.4 Å². The zero-order chi connectivity index (χ0) is 44.9. The monoisotopic (exact) mass is 862 g/mol. The lowest BCUT2D eigenvalue weighted by Gasteiger charge is -2.22. The fourth-order valence-electron chi connectivity index (χ4n) is 8.42. The summed E-state index contributed by atoms with van der Waals surface area (Å²) in [5, 5.41) is 11.2. The van der Waals surface area contributed by atoms with E-state index in [1.807, 2.05) is 114 Å². The van der Waals surface area contributed by atoms with Crippen molar-refractivity contribution in [2.24, 2.45) is 0 Å². The second-order valence-electron chi connectivity index (χ2n) is 15.5. The van der Waals surface area contributed by atoms with Crippen molar-refractivity contribution in [3.63, 3.8) is 0 Å². The summed E-state index contributed by atoms with van der Waals surface area (Å²) in [4.78, 5) is 9.95. The van der Waals surface area contributed by atoms with Gasteiger partial charge in [0.1, 0.15) is 0 Å². The van der Waals surface area contributed by atoms with Crippen LogP contribution < -0.4 is 0 Å². The molecular formula is C55H32F6N4. The minimum atomic E-state index is -4.70. The Morgan fingerprint density at radius 1 is 0.400 bits per heavy atom. The molecule has 314 valence electrons. The first-order valence-electron chi connectivity index (χ1n) is 20.5. The minimum absolute atomic E-state index is 0.182. The summed E-state index contributed by atoms with van der Waals surface area (Å²) in [6.45, 7) is 0. The first-order chi connectivity index (χ1) is 31.4. The maximum absolute atomic E-state index is 14.6. The zero-order valence-corrected chi connectivity index (χ0v) is 34.0. The standard InChI is InChI=1S/C55H32F6N4/c56-54(57,58)42-20-10-18-39(27-42)45-30-41(49-32-48(35-13-3-1-4-14-35)63-53(64-49)36-15-5-2-6-16-36)31-46(40-19-11-21-43(28-40)55(59,60)61)52(45)65-50-23-8-7-22-44(50)47-29-38(24-25-51(47)65)37-17-9-12-34(26-37)33-62/h1-32H. The van der Waals surface area contributed by atoms with Crippen LogP contribution in [0.5, 0.6) is 0 Å². The van der Waals surface area contributed by atoms with E-state index in [0.29, 0.717) is 61.8 Å². The Bertz CT molecular complexity index is 3340. The number of hydrogen-bond acceptors (Lipinski definition) is 3. The van der Waals surface area contributed by atoms with E-state index in [4.69, 9.17) is 9.97 Å². The van der Waals surface area contributed by atoms with Crippen LogP contribution in [-0.2, 0) is 12.4 Å². The van der Waals surface area contributed by atoms with Crippen LogP contribution in [0.4, 0.5) is 26.3 Å². The average Bonchev–Trinajstić information content (AvgIpc) is 3.67. The second-order valence-corrected chi connectivity index (χ2v) is 15.5. The number of nitriles is 1. The van der Waals surface area contributed by atoms with E-state index < -0.39 is 23.5 Å². The van der Waals surface area contributed by atoms with Gasteiger partial charge in [-0.15, -0.1) is 0 Å². The molecule has 4 nitrogen and oxygen atoms in total. The highest BCUT2D eigenvalue weighted by molar-refractivity contribution is 6.12. The SMILES string of the molecule is N#Cc1cccc(-c2ccc3c(c2)c2ccccc2n3-c2c(-c3cccc(C(F)(F)F)c3)cc(-c3cc(-c4ccccc4)nc(-c4ccccc4)n3)cc2-c2cccc(C(F)(F)F)c2)c1. The van der Waals surface area contributed by atoms with Crippen molar-refractivity contribution in [1.82, 2.24) is 14.5 Å². The molecule has 0 unspecified atom stereocenters. The number of halogens is 6. The summed E-state index contributed by atoms with van der Waals surface area (Å²) in [5.41, 5.74) is 5.89. The number of aromatic nitrogens is 3. The van der Waals surface area contributed by atoms with E-state index in [-0.39, 0.29) is 11.1 Å². The molecule has 0 N–H and O–H groups in total. The highest BCUT2D eigenvalue weighted by atomic mass is 19.4. The fraction of sp³-hybridized carbons (Fsp3) is 0.0364. The Balaban J connectivity index is 1.34. The van der Waals surface area contributed by atoms with Gasteiger partial charge in [0.2, 0.25) is 0 Å². The normalized spacial score (nSPS) is 11.8. The summed E-state index contributed by atoms with van der Waals surface area (Å²) in [5.74, 6) is 0.380. The predicted molar refractivity (Wildman–Crippen MR) is 244 cm³/mol. The first kappa shape index (κ1) is 40.8. The van der Waals surface area contributed by atoms with Gasteiger partial charge in [-0.05, 0) is 95.1 Å². The van der Waals surface area contributed by atoms with E-state index in [2.05, 4.69) is 6.07 Å². The van der Waals surface area contributed by atoms with Crippen LogP contribution in [0.15, 0.2) is 194 Å². The van der Waals surface area contributed by atoms with Crippen LogP contribution in [-0.4, -0.2) is 14.5 Å². The molecule has 10 heteroatoms.